The first-order chi connectivity index (χ1) is 24.3. The van der Waals surface area contributed by atoms with Crippen LogP contribution < -0.4 is 5.73 Å². The first kappa shape index (κ1) is 48.2. The van der Waals surface area contributed by atoms with Crippen LogP contribution in [0.5, 0.6) is 0 Å². The smallest absolute Gasteiger partial charge is 0.462 e. The normalized spacial score (nSPS) is 13.8. The van der Waals surface area contributed by atoms with E-state index in [0.717, 1.165) is 44.9 Å². The van der Waals surface area contributed by atoms with Gasteiger partial charge in [-0.1, -0.05) is 153 Å². The molecule has 3 N–H and O–H groups in total. The molecule has 10 heteroatoms. The number of rotatable bonds is 37. The Balaban J connectivity index is 4.27. The van der Waals surface area contributed by atoms with Crippen LogP contribution in [0.4, 0.5) is 0 Å². The summed E-state index contributed by atoms with van der Waals surface area (Å²) in [6, 6.07) is 0. The molecule has 0 fully saturated rings. The molecule has 0 rings (SSSR count). The van der Waals surface area contributed by atoms with E-state index in [1.165, 1.54) is 89.9 Å². The fraction of sp³-hybridized carbons (Fsp3) is 0.800. The standard InChI is InChI=1S/C40H74NO8P/c1-3-5-7-9-11-13-15-17-18-19-20-21-23-24-26-28-30-32-39(42)46-36-38(37-48-50(44,45)47-35-34-41)49-40(43)33-31-29-27-25-22-16-14-12-10-8-6-4-2/h17-18,20-21,24,26,38H,3-16,19,22-23,25,27-37,41H2,1-2H3,(H,44,45)/b18-17+,21-20+,26-24+/t38-/m0/s1. The minimum Gasteiger partial charge on any atom is -0.462 e. The molecule has 0 saturated carbocycles. The van der Waals surface area contributed by atoms with Crippen molar-refractivity contribution in [1.82, 2.24) is 0 Å². The second-order valence-electron chi connectivity index (χ2n) is 13.2. The van der Waals surface area contributed by atoms with Gasteiger partial charge in [0.1, 0.15) is 6.61 Å². The van der Waals surface area contributed by atoms with Crippen molar-refractivity contribution in [3.05, 3.63) is 36.5 Å². The highest BCUT2D eigenvalue weighted by Gasteiger charge is 2.25. The molecule has 0 aromatic rings. The van der Waals surface area contributed by atoms with Gasteiger partial charge in [-0.05, 0) is 44.9 Å². The molecule has 0 heterocycles. The monoisotopic (exact) mass is 728 g/mol. The van der Waals surface area contributed by atoms with E-state index in [2.05, 4.69) is 50.3 Å². The zero-order valence-electron chi connectivity index (χ0n) is 31.9. The molecule has 1 unspecified atom stereocenters. The third-order valence-electron chi connectivity index (χ3n) is 8.28. The van der Waals surface area contributed by atoms with Crippen molar-refractivity contribution in [2.45, 2.75) is 180 Å². The molecule has 0 bridgehead atoms. The number of unbranched alkanes of at least 4 members (excludes halogenated alkanes) is 18. The molecule has 0 aliphatic carbocycles. The van der Waals surface area contributed by atoms with E-state index in [1.54, 1.807) is 0 Å². The van der Waals surface area contributed by atoms with Crippen molar-refractivity contribution < 1.29 is 37.6 Å². The molecule has 0 aromatic carbocycles. The van der Waals surface area contributed by atoms with E-state index >= 15 is 0 Å². The van der Waals surface area contributed by atoms with E-state index in [4.69, 9.17) is 24.3 Å². The average Bonchev–Trinajstić information content (AvgIpc) is 3.10. The van der Waals surface area contributed by atoms with Gasteiger partial charge < -0.3 is 20.1 Å². The summed E-state index contributed by atoms with van der Waals surface area (Å²) in [7, 11) is -4.38. The molecule has 292 valence electrons. The number of phosphoric acid groups is 1. The number of ether oxygens (including phenoxy) is 2. The number of nitrogens with two attached hydrogens (primary N) is 1. The van der Waals surface area contributed by atoms with Crippen LogP contribution in [-0.2, 0) is 32.7 Å². The minimum absolute atomic E-state index is 0.0475. The highest BCUT2D eigenvalue weighted by molar-refractivity contribution is 7.47. The number of carbonyl (C=O) groups is 2. The summed E-state index contributed by atoms with van der Waals surface area (Å²) < 4.78 is 32.6. The van der Waals surface area contributed by atoms with Crippen LogP contribution in [0.1, 0.15) is 174 Å². The van der Waals surface area contributed by atoms with Crippen molar-refractivity contribution in [2.24, 2.45) is 5.73 Å². The lowest BCUT2D eigenvalue weighted by molar-refractivity contribution is -0.161. The zero-order chi connectivity index (χ0) is 36.8. The van der Waals surface area contributed by atoms with Gasteiger partial charge in [0.25, 0.3) is 0 Å². The Morgan fingerprint density at radius 3 is 1.60 bits per heavy atom. The van der Waals surface area contributed by atoms with Crippen LogP contribution in [-0.4, -0.2) is 49.3 Å². The van der Waals surface area contributed by atoms with Crippen molar-refractivity contribution in [2.75, 3.05) is 26.4 Å². The molecular formula is C40H74NO8P. The molecule has 9 nitrogen and oxygen atoms in total. The number of hydrogen-bond acceptors (Lipinski definition) is 8. The van der Waals surface area contributed by atoms with Crippen LogP contribution in [0.15, 0.2) is 36.5 Å². The number of allylic oxidation sites excluding steroid dienone is 6. The lowest BCUT2D eigenvalue weighted by atomic mass is 10.0. The molecule has 0 aliphatic heterocycles. The molecule has 0 amide bonds. The second-order valence-corrected chi connectivity index (χ2v) is 14.6. The number of carbonyl (C=O) groups excluding carboxylic acids is 2. The van der Waals surface area contributed by atoms with Crippen LogP contribution in [0.3, 0.4) is 0 Å². The highest BCUT2D eigenvalue weighted by atomic mass is 31.2. The van der Waals surface area contributed by atoms with Gasteiger partial charge in [-0.2, -0.15) is 0 Å². The summed E-state index contributed by atoms with van der Waals surface area (Å²) in [6.45, 7) is 3.66. The maximum Gasteiger partial charge on any atom is 0.472 e. The van der Waals surface area contributed by atoms with Crippen LogP contribution >= 0.6 is 7.82 Å². The van der Waals surface area contributed by atoms with Crippen LogP contribution in [0.25, 0.3) is 0 Å². The minimum atomic E-state index is -4.38. The predicted octanol–water partition coefficient (Wildman–Crippen LogP) is 11.0. The summed E-state index contributed by atoms with van der Waals surface area (Å²) in [5.74, 6) is -0.889. The Hall–Kier alpha value is -1.77. The van der Waals surface area contributed by atoms with Crippen LogP contribution in [0, 0.1) is 0 Å². The van der Waals surface area contributed by atoms with Gasteiger partial charge in [-0.25, -0.2) is 4.57 Å². The zero-order valence-corrected chi connectivity index (χ0v) is 32.8. The molecule has 0 spiro atoms. The summed E-state index contributed by atoms with van der Waals surface area (Å²) in [5.41, 5.74) is 5.33. The number of esters is 2. The molecule has 0 radical (unpaired) electrons. The third kappa shape index (κ3) is 36.0. The molecule has 0 aliphatic rings. The van der Waals surface area contributed by atoms with Gasteiger partial charge >= 0.3 is 19.8 Å². The topological polar surface area (TPSA) is 134 Å². The number of phosphoric ester groups is 1. The fourth-order valence-corrected chi connectivity index (χ4v) is 6.06. The van der Waals surface area contributed by atoms with Gasteiger partial charge in [0.05, 0.1) is 13.2 Å². The molecular weight excluding hydrogens is 653 g/mol. The van der Waals surface area contributed by atoms with Crippen molar-refractivity contribution in [1.29, 1.82) is 0 Å². The summed E-state index contributed by atoms with van der Waals surface area (Å²) in [6.07, 6.45) is 39.0. The lowest BCUT2D eigenvalue weighted by Crippen LogP contribution is -2.29. The van der Waals surface area contributed by atoms with Gasteiger partial charge in [-0.15, -0.1) is 0 Å². The predicted molar refractivity (Wildman–Crippen MR) is 206 cm³/mol. The number of hydrogen-bond donors (Lipinski definition) is 2. The lowest BCUT2D eigenvalue weighted by Gasteiger charge is -2.19. The van der Waals surface area contributed by atoms with Crippen molar-refractivity contribution >= 4 is 19.8 Å². The quantitative estimate of drug-likeness (QED) is 0.0277. The van der Waals surface area contributed by atoms with Gasteiger partial charge in [0.2, 0.25) is 0 Å². The van der Waals surface area contributed by atoms with Gasteiger partial charge in [0, 0.05) is 19.4 Å². The SMILES string of the molecule is CCCCCCCC/C=C/C/C=C/C/C=C/CCCC(=O)OC[C@@H](COP(=O)(O)OCCN)OC(=O)CCCCCCCCCCCCCC. The Labute approximate surface area is 305 Å². The molecule has 50 heavy (non-hydrogen) atoms. The Morgan fingerprint density at radius 1 is 0.600 bits per heavy atom. The van der Waals surface area contributed by atoms with Crippen molar-refractivity contribution in [3.8, 4) is 0 Å². The van der Waals surface area contributed by atoms with E-state index in [0.29, 0.717) is 12.8 Å². The van der Waals surface area contributed by atoms with Gasteiger partial charge in [0.15, 0.2) is 6.10 Å². The molecule has 2 atom stereocenters. The molecule has 0 aromatic heterocycles. The second kappa shape index (κ2) is 37.0. The average molecular weight is 728 g/mol. The van der Waals surface area contributed by atoms with E-state index in [-0.39, 0.29) is 32.6 Å². The summed E-state index contributed by atoms with van der Waals surface area (Å²) in [4.78, 5) is 34.7. The van der Waals surface area contributed by atoms with Gasteiger partial charge in [-0.3, -0.25) is 18.6 Å². The Bertz CT molecular complexity index is 923. The first-order valence-electron chi connectivity index (χ1n) is 20.0. The first-order valence-corrected chi connectivity index (χ1v) is 21.5. The van der Waals surface area contributed by atoms with E-state index < -0.39 is 32.5 Å². The highest BCUT2D eigenvalue weighted by Crippen LogP contribution is 2.43. The van der Waals surface area contributed by atoms with E-state index in [9.17, 15) is 19.0 Å². The van der Waals surface area contributed by atoms with Crippen LogP contribution in [0.2, 0.25) is 0 Å². The van der Waals surface area contributed by atoms with Crippen molar-refractivity contribution in [3.63, 3.8) is 0 Å². The maximum absolute atomic E-state index is 12.5. The Morgan fingerprint density at radius 2 is 1.06 bits per heavy atom. The maximum atomic E-state index is 12.5. The Kier molecular flexibility index (Phi) is 35.7. The largest absolute Gasteiger partial charge is 0.472 e. The summed E-state index contributed by atoms with van der Waals surface area (Å²) in [5, 5.41) is 0. The van der Waals surface area contributed by atoms with E-state index in [1.807, 2.05) is 0 Å². The fourth-order valence-electron chi connectivity index (χ4n) is 5.30. The molecule has 0 saturated heterocycles. The third-order valence-corrected chi connectivity index (χ3v) is 9.26. The summed E-state index contributed by atoms with van der Waals surface area (Å²) >= 11 is 0.